The molecule has 0 unspecified atom stereocenters. The van der Waals surface area contributed by atoms with Crippen molar-refractivity contribution >= 4 is 29.4 Å². The van der Waals surface area contributed by atoms with Crippen LogP contribution in [0.25, 0.3) is 4.98 Å². The molecule has 0 amide bonds. The number of diazo groups is 1. The maximum Gasteiger partial charge on any atom is 0.385 e. The van der Waals surface area contributed by atoms with Crippen LogP contribution < -0.4 is 0 Å². The molecule has 0 aliphatic rings. The van der Waals surface area contributed by atoms with Crippen molar-refractivity contribution in [1.29, 1.82) is 5.39 Å². The molecule has 0 N–H and O–H groups in total. The zero-order valence-electron chi connectivity index (χ0n) is 7.30. The molecule has 10 heteroatoms. The molecule has 0 radical (unpaired) electrons. The van der Waals surface area contributed by atoms with Crippen LogP contribution in [0.3, 0.4) is 0 Å². The zero-order chi connectivity index (χ0) is 13.1. The number of hydrogen-bond donors (Lipinski definition) is 0. The van der Waals surface area contributed by atoms with Gasteiger partial charge in [0.05, 0.1) is 0 Å². The van der Waals surface area contributed by atoms with Crippen LogP contribution in [0.4, 0.5) is 30.9 Å². The van der Waals surface area contributed by atoms with Crippen molar-refractivity contribution in [2.45, 2.75) is 0 Å². The molecular formula is C6H4BrF6N2P. The van der Waals surface area contributed by atoms with Gasteiger partial charge in [-0.05, 0) is 12.1 Å². The van der Waals surface area contributed by atoms with Crippen LogP contribution in [0.2, 0.25) is 0 Å². The van der Waals surface area contributed by atoms with E-state index >= 15 is 0 Å². The second kappa shape index (κ2) is 3.86. The summed E-state index contributed by atoms with van der Waals surface area (Å²) in [6.45, 7) is 0. The summed E-state index contributed by atoms with van der Waals surface area (Å²) in [6, 6.07) is 7.05. The van der Waals surface area contributed by atoms with Crippen LogP contribution in [0.15, 0.2) is 28.7 Å². The molecule has 1 aromatic rings. The van der Waals surface area contributed by atoms with Gasteiger partial charge in [-0.15, -0.1) is 0 Å². The number of rotatable bonds is 0. The monoisotopic (exact) mass is 328 g/mol. The molecule has 2 nitrogen and oxygen atoms in total. The van der Waals surface area contributed by atoms with Crippen LogP contribution in [-0.2, 0) is 0 Å². The molecule has 92 valence electrons. The second-order valence-electron chi connectivity index (χ2n) is 2.53. The van der Waals surface area contributed by atoms with Gasteiger partial charge >= 0.3 is 38.7 Å². The Kier molecular flexibility index (Phi) is 3.65. The predicted octanol–water partition coefficient (Wildman–Crippen LogP) is 6.32. The van der Waals surface area contributed by atoms with Crippen molar-refractivity contribution in [3.63, 3.8) is 0 Å². The molecule has 0 aromatic heterocycles. The number of benzene rings is 1. The van der Waals surface area contributed by atoms with E-state index in [1.54, 1.807) is 12.1 Å². The summed E-state index contributed by atoms with van der Waals surface area (Å²) in [5.74, 6) is 0. The van der Waals surface area contributed by atoms with Gasteiger partial charge in [0.25, 0.3) is 0 Å². The summed E-state index contributed by atoms with van der Waals surface area (Å²) in [5.41, 5.74) is 0.568. The number of hydrogen-bond acceptors (Lipinski definition) is 1. The molecule has 0 saturated carbocycles. The fourth-order valence-electron chi connectivity index (χ4n) is 0.508. The van der Waals surface area contributed by atoms with Crippen molar-refractivity contribution < 1.29 is 25.2 Å². The summed E-state index contributed by atoms with van der Waals surface area (Å²) >= 11 is 3.25. The first-order valence-corrected chi connectivity index (χ1v) is 6.27. The smallest absolute Gasteiger partial charge is 0.0508 e. The number of nitrogens with zero attached hydrogens (tertiary/aromatic N) is 2. The van der Waals surface area contributed by atoms with Gasteiger partial charge in [-0.3, -0.25) is 0 Å². The van der Waals surface area contributed by atoms with E-state index in [0.717, 1.165) is 4.47 Å². The summed E-state index contributed by atoms with van der Waals surface area (Å²) in [7, 11) is -10.7. The predicted molar refractivity (Wildman–Crippen MR) is 52.5 cm³/mol. The van der Waals surface area contributed by atoms with Crippen LogP contribution in [-0.4, -0.2) is 0 Å². The third-order valence-electron chi connectivity index (χ3n) is 0.942. The van der Waals surface area contributed by atoms with Crippen LogP contribution >= 0.6 is 23.7 Å². The maximum atomic E-state index is 9.87. The van der Waals surface area contributed by atoms with Crippen molar-refractivity contribution in [3.8, 4) is 0 Å². The zero-order valence-corrected chi connectivity index (χ0v) is 9.78. The summed E-state index contributed by atoms with van der Waals surface area (Å²) in [6.07, 6.45) is 0. The third kappa shape index (κ3) is 15.6. The molecule has 0 spiro atoms. The third-order valence-corrected chi connectivity index (χ3v) is 1.47. The van der Waals surface area contributed by atoms with Gasteiger partial charge in [-0.2, -0.15) is 0 Å². The Morgan fingerprint density at radius 1 is 0.938 bits per heavy atom. The molecule has 0 atom stereocenters. The normalized spacial score (nSPS) is 14.9. The SMILES string of the molecule is F[P-](F)(F)(F)(F)F.N#[N+]c1ccc(Br)cc1. The van der Waals surface area contributed by atoms with Gasteiger partial charge in [-0.1, -0.05) is 15.9 Å². The Hall–Kier alpha value is -0.870. The Morgan fingerprint density at radius 2 is 1.25 bits per heavy atom. The first-order chi connectivity index (χ1) is 6.78. The maximum absolute atomic E-state index is 10.7. The van der Waals surface area contributed by atoms with Crippen molar-refractivity contribution in [2.75, 3.05) is 0 Å². The van der Waals surface area contributed by atoms with Crippen molar-refractivity contribution in [3.05, 3.63) is 33.7 Å². The van der Waals surface area contributed by atoms with Gasteiger partial charge in [0.2, 0.25) is 5.39 Å². The first-order valence-electron chi connectivity index (χ1n) is 3.45. The van der Waals surface area contributed by atoms with Gasteiger partial charge in [-0.25, -0.2) is 0 Å². The summed E-state index contributed by atoms with van der Waals surface area (Å²) < 4.78 is 60.2. The first kappa shape index (κ1) is 15.1. The molecule has 1 rings (SSSR count). The standard InChI is InChI=1S/C6H4BrN2.F6P/c7-5-1-3-6(9-8)4-2-5;1-7(2,3,4,5)6/h1-4H;/q+1;-1. The molecule has 0 bridgehead atoms. The van der Waals surface area contributed by atoms with Crippen LogP contribution in [0, 0.1) is 5.39 Å². The molecule has 0 saturated heterocycles. The Bertz CT molecular complexity index is 393. The van der Waals surface area contributed by atoms with Gasteiger partial charge in [0, 0.05) is 16.6 Å². The van der Waals surface area contributed by atoms with Gasteiger partial charge in [0.15, 0.2) is 4.98 Å². The molecule has 16 heavy (non-hydrogen) atoms. The number of halogens is 7. The van der Waals surface area contributed by atoms with Gasteiger partial charge in [0.1, 0.15) is 0 Å². The Morgan fingerprint density at radius 3 is 1.50 bits per heavy atom. The molecule has 0 aliphatic carbocycles. The van der Waals surface area contributed by atoms with Crippen molar-refractivity contribution in [2.24, 2.45) is 0 Å². The van der Waals surface area contributed by atoms with E-state index in [-0.39, 0.29) is 0 Å². The quantitative estimate of drug-likeness (QED) is 0.311. The van der Waals surface area contributed by atoms with E-state index in [4.69, 9.17) is 5.39 Å². The average Bonchev–Trinajstić information content (AvgIpc) is 2.00. The Labute approximate surface area is 94.2 Å². The summed E-state index contributed by atoms with van der Waals surface area (Å²) in [5, 5.41) is 8.24. The largest absolute Gasteiger partial charge is 0.385 e. The van der Waals surface area contributed by atoms with Crippen LogP contribution in [0.1, 0.15) is 0 Å². The molecular weight excluding hydrogens is 325 g/mol. The fourth-order valence-corrected chi connectivity index (χ4v) is 0.772. The topological polar surface area (TPSA) is 28.1 Å². The van der Waals surface area contributed by atoms with E-state index in [1.807, 2.05) is 12.1 Å². The van der Waals surface area contributed by atoms with E-state index in [1.165, 1.54) is 0 Å². The van der Waals surface area contributed by atoms with Gasteiger partial charge < -0.3 is 0 Å². The minimum atomic E-state index is -10.7. The average molecular weight is 329 g/mol. The molecule has 1 aromatic carbocycles. The van der Waals surface area contributed by atoms with E-state index in [9.17, 15) is 25.2 Å². The fraction of sp³-hybridized carbons (Fsp3) is 0. The molecule has 0 fully saturated rings. The van der Waals surface area contributed by atoms with E-state index < -0.39 is 7.81 Å². The minimum Gasteiger partial charge on any atom is -0.0508 e. The second-order valence-corrected chi connectivity index (χ2v) is 5.37. The minimum absolute atomic E-state index is 0.568. The van der Waals surface area contributed by atoms with E-state index in [0.29, 0.717) is 5.69 Å². The molecule has 0 heterocycles. The van der Waals surface area contributed by atoms with Crippen molar-refractivity contribution in [1.82, 2.24) is 0 Å². The van der Waals surface area contributed by atoms with E-state index in [2.05, 4.69) is 20.9 Å². The Balaban J connectivity index is 0.000000293. The molecule has 0 aliphatic heterocycles. The summed E-state index contributed by atoms with van der Waals surface area (Å²) in [4.78, 5) is 2.99. The van der Waals surface area contributed by atoms with Crippen LogP contribution in [0.5, 0.6) is 0 Å².